The topological polar surface area (TPSA) is 83.5 Å². The van der Waals surface area contributed by atoms with E-state index < -0.39 is 10.0 Å². The van der Waals surface area contributed by atoms with Gasteiger partial charge < -0.3 is 5.32 Å². The van der Waals surface area contributed by atoms with E-state index in [1.54, 1.807) is 52.8 Å². The van der Waals surface area contributed by atoms with Gasteiger partial charge in [-0.15, -0.1) is 0 Å². The molecule has 194 valence electrons. The summed E-state index contributed by atoms with van der Waals surface area (Å²) in [5.74, 6) is -0.518. The maximum atomic E-state index is 13.0. The van der Waals surface area contributed by atoms with E-state index >= 15 is 0 Å². The van der Waals surface area contributed by atoms with Crippen LogP contribution in [0.3, 0.4) is 0 Å². The zero-order valence-corrected chi connectivity index (χ0v) is 22.5. The second-order valence-electron chi connectivity index (χ2n) is 10.6. The number of benzene rings is 3. The van der Waals surface area contributed by atoms with Gasteiger partial charge in [-0.25, -0.2) is 12.7 Å². The summed E-state index contributed by atoms with van der Waals surface area (Å²) in [5.41, 5.74) is 3.80. The highest BCUT2D eigenvalue weighted by Crippen LogP contribution is 2.24. The molecular formula is C30H34N2O4S. The fraction of sp³-hybridized carbons (Fsp3) is 0.333. The van der Waals surface area contributed by atoms with Gasteiger partial charge in [0.15, 0.2) is 5.78 Å². The van der Waals surface area contributed by atoms with Crippen LogP contribution in [0.1, 0.15) is 77.4 Å². The molecule has 1 N–H and O–H groups in total. The van der Waals surface area contributed by atoms with Crippen LogP contribution in [0.25, 0.3) is 0 Å². The van der Waals surface area contributed by atoms with Crippen molar-refractivity contribution in [2.75, 3.05) is 18.4 Å². The second-order valence-corrected chi connectivity index (χ2v) is 12.6. The maximum absolute atomic E-state index is 13.0. The molecule has 0 saturated carbocycles. The first-order valence-electron chi connectivity index (χ1n) is 12.7. The van der Waals surface area contributed by atoms with E-state index in [1.807, 2.05) is 24.3 Å². The van der Waals surface area contributed by atoms with Gasteiger partial charge in [0, 0.05) is 35.5 Å². The number of anilines is 1. The number of piperidine rings is 1. The molecule has 0 aromatic heterocycles. The molecular weight excluding hydrogens is 484 g/mol. The zero-order valence-electron chi connectivity index (χ0n) is 21.7. The predicted molar refractivity (Wildman–Crippen MR) is 147 cm³/mol. The summed E-state index contributed by atoms with van der Waals surface area (Å²) in [6.45, 7) is 7.53. The Morgan fingerprint density at radius 3 is 2.05 bits per heavy atom. The molecule has 6 nitrogen and oxygen atoms in total. The Balaban J connectivity index is 1.41. The summed E-state index contributed by atoms with van der Waals surface area (Å²) in [5, 5.41) is 2.84. The third kappa shape index (κ3) is 6.73. The van der Waals surface area contributed by atoms with Gasteiger partial charge in [0.2, 0.25) is 10.0 Å². The molecule has 1 fully saturated rings. The van der Waals surface area contributed by atoms with E-state index in [4.69, 9.17) is 0 Å². The van der Waals surface area contributed by atoms with Crippen LogP contribution in [-0.2, 0) is 21.2 Å². The summed E-state index contributed by atoms with van der Waals surface area (Å²) in [7, 11) is -3.36. The fourth-order valence-corrected chi connectivity index (χ4v) is 6.04. The molecule has 0 aliphatic carbocycles. The van der Waals surface area contributed by atoms with Crippen molar-refractivity contribution in [1.29, 1.82) is 0 Å². The van der Waals surface area contributed by atoms with Crippen LogP contribution in [0.5, 0.6) is 0 Å². The number of hydrogen-bond donors (Lipinski definition) is 1. The van der Waals surface area contributed by atoms with Crippen LogP contribution in [0, 0.1) is 0 Å². The van der Waals surface area contributed by atoms with Gasteiger partial charge in [-0.05, 0) is 53.6 Å². The smallest absolute Gasteiger partial charge is 0.255 e. The van der Waals surface area contributed by atoms with Crippen molar-refractivity contribution in [3.05, 3.63) is 101 Å². The van der Waals surface area contributed by atoms with Crippen molar-refractivity contribution in [3.8, 4) is 0 Å². The number of rotatable bonds is 7. The van der Waals surface area contributed by atoms with Crippen LogP contribution in [0.15, 0.2) is 72.8 Å². The number of ketones is 1. The Morgan fingerprint density at radius 2 is 1.43 bits per heavy atom. The maximum Gasteiger partial charge on any atom is 0.255 e. The van der Waals surface area contributed by atoms with Crippen molar-refractivity contribution in [2.24, 2.45) is 0 Å². The highest BCUT2D eigenvalue weighted by Gasteiger charge is 2.24. The van der Waals surface area contributed by atoms with E-state index in [1.165, 1.54) is 0 Å². The number of carbonyl (C=O) groups is 2. The third-order valence-electron chi connectivity index (χ3n) is 6.67. The molecule has 4 rings (SSSR count). The van der Waals surface area contributed by atoms with Crippen LogP contribution in [0.4, 0.5) is 5.69 Å². The minimum atomic E-state index is -3.36. The first-order chi connectivity index (χ1) is 17.5. The lowest BCUT2D eigenvalue weighted by Crippen LogP contribution is -2.36. The summed E-state index contributed by atoms with van der Waals surface area (Å²) in [6, 6.07) is 21.1. The largest absolute Gasteiger partial charge is 0.322 e. The molecule has 1 aliphatic rings. The molecule has 3 aromatic rings. The molecule has 1 heterocycles. The summed E-state index contributed by atoms with van der Waals surface area (Å²) >= 11 is 0. The van der Waals surface area contributed by atoms with E-state index in [2.05, 4.69) is 26.1 Å². The molecule has 1 aliphatic heterocycles. The molecule has 0 atom stereocenters. The van der Waals surface area contributed by atoms with E-state index in [0.717, 1.165) is 24.8 Å². The van der Waals surface area contributed by atoms with E-state index in [-0.39, 0.29) is 22.9 Å². The molecule has 1 saturated heterocycles. The molecule has 0 bridgehead atoms. The lowest BCUT2D eigenvalue weighted by atomic mass is 9.86. The average molecular weight is 519 g/mol. The Labute approximate surface area is 219 Å². The Hall–Kier alpha value is -3.29. The van der Waals surface area contributed by atoms with Gasteiger partial charge in [-0.1, -0.05) is 75.7 Å². The highest BCUT2D eigenvalue weighted by atomic mass is 32.2. The van der Waals surface area contributed by atoms with Crippen LogP contribution >= 0.6 is 0 Å². The van der Waals surface area contributed by atoms with Crippen molar-refractivity contribution in [3.63, 3.8) is 0 Å². The van der Waals surface area contributed by atoms with Crippen molar-refractivity contribution >= 4 is 27.4 Å². The van der Waals surface area contributed by atoms with Crippen molar-refractivity contribution < 1.29 is 18.0 Å². The Kier molecular flexibility index (Phi) is 7.95. The van der Waals surface area contributed by atoms with Gasteiger partial charge in [0.1, 0.15) is 0 Å². The molecule has 0 unspecified atom stereocenters. The molecule has 0 radical (unpaired) electrons. The molecule has 0 spiro atoms. The average Bonchev–Trinajstić information content (AvgIpc) is 2.89. The molecule has 7 heteroatoms. The molecule has 3 aromatic carbocycles. The first-order valence-corrected chi connectivity index (χ1v) is 14.3. The van der Waals surface area contributed by atoms with Crippen LogP contribution < -0.4 is 5.32 Å². The van der Waals surface area contributed by atoms with Gasteiger partial charge in [0.25, 0.3) is 5.91 Å². The number of hydrogen-bond acceptors (Lipinski definition) is 4. The first kappa shape index (κ1) is 26.8. The number of amides is 1. The number of carbonyl (C=O) groups excluding carboxylic acids is 2. The fourth-order valence-electron chi connectivity index (χ4n) is 4.43. The normalized spacial score (nSPS) is 14.8. The van der Waals surface area contributed by atoms with Gasteiger partial charge in [0.05, 0.1) is 5.75 Å². The van der Waals surface area contributed by atoms with Gasteiger partial charge >= 0.3 is 0 Å². The zero-order chi connectivity index (χ0) is 26.6. The number of nitrogens with one attached hydrogen (secondary N) is 1. The Bertz CT molecular complexity index is 1370. The molecule has 37 heavy (non-hydrogen) atoms. The monoisotopic (exact) mass is 518 g/mol. The quantitative estimate of drug-likeness (QED) is 0.402. The summed E-state index contributed by atoms with van der Waals surface area (Å²) < 4.78 is 26.9. The van der Waals surface area contributed by atoms with Crippen LogP contribution in [-0.4, -0.2) is 37.5 Å². The van der Waals surface area contributed by atoms with Crippen molar-refractivity contribution in [2.45, 2.75) is 51.2 Å². The highest BCUT2D eigenvalue weighted by molar-refractivity contribution is 7.88. The summed E-state index contributed by atoms with van der Waals surface area (Å²) in [6.07, 6.45) is 2.86. The molecule has 1 amide bonds. The lowest BCUT2D eigenvalue weighted by Gasteiger charge is -2.25. The second kappa shape index (κ2) is 11.0. The standard InChI is InChI=1S/C30H34N2O4S/c1-30(2,3)26-16-14-23(15-17-26)28(33)25-8-7-9-27(20-25)31-29(34)24-12-10-22(11-13-24)21-37(35,36)32-18-5-4-6-19-32/h7-17,20H,4-6,18-19,21H2,1-3H3,(H,31,34). The van der Waals surface area contributed by atoms with Gasteiger partial charge in [-0.3, -0.25) is 9.59 Å². The number of sulfonamides is 1. The van der Waals surface area contributed by atoms with E-state index in [9.17, 15) is 18.0 Å². The predicted octanol–water partition coefficient (Wildman–Crippen LogP) is 5.78. The minimum absolute atomic E-state index is 0.00550. The van der Waals surface area contributed by atoms with Gasteiger partial charge in [-0.2, -0.15) is 0 Å². The minimum Gasteiger partial charge on any atom is -0.322 e. The van der Waals surface area contributed by atoms with Crippen molar-refractivity contribution in [1.82, 2.24) is 4.31 Å². The Morgan fingerprint density at radius 1 is 0.811 bits per heavy atom. The SMILES string of the molecule is CC(C)(C)c1ccc(C(=O)c2cccc(NC(=O)c3ccc(CS(=O)(=O)N4CCCCC4)cc3)c2)cc1. The van der Waals surface area contributed by atoms with E-state index in [0.29, 0.717) is 41.0 Å². The summed E-state index contributed by atoms with van der Waals surface area (Å²) in [4.78, 5) is 25.8. The van der Waals surface area contributed by atoms with Crippen LogP contribution in [0.2, 0.25) is 0 Å². The lowest BCUT2D eigenvalue weighted by molar-refractivity contribution is 0.102. The third-order valence-corrected chi connectivity index (χ3v) is 8.52. The number of nitrogens with zero attached hydrogens (tertiary/aromatic N) is 1.